The number of hydrogen-bond donors (Lipinski definition) is 1. The van der Waals surface area contributed by atoms with Crippen molar-refractivity contribution in [1.29, 1.82) is 0 Å². The number of nitrogens with one attached hydrogen (secondary N) is 1. The van der Waals surface area contributed by atoms with Crippen LogP contribution in [0.25, 0.3) is 0 Å². The van der Waals surface area contributed by atoms with Crippen molar-refractivity contribution in [1.82, 2.24) is 5.32 Å². The van der Waals surface area contributed by atoms with Crippen LogP contribution in [0.3, 0.4) is 0 Å². The molecule has 0 aliphatic heterocycles. The molecule has 0 radical (unpaired) electrons. The summed E-state index contributed by atoms with van der Waals surface area (Å²) in [5, 5.41) is 2.83. The highest BCUT2D eigenvalue weighted by Gasteiger charge is 2.29. The van der Waals surface area contributed by atoms with Crippen molar-refractivity contribution in [2.45, 2.75) is 12.5 Å². The van der Waals surface area contributed by atoms with Gasteiger partial charge in [-0.25, -0.2) is 4.39 Å². The highest BCUT2D eigenvalue weighted by molar-refractivity contribution is 5.95. The van der Waals surface area contributed by atoms with Gasteiger partial charge in [-0.15, -0.1) is 0 Å². The number of amides is 1. The Morgan fingerprint density at radius 3 is 2.54 bits per heavy atom. The normalized spacial score (nSPS) is 13.2. The lowest BCUT2D eigenvalue weighted by Crippen LogP contribution is -2.40. The van der Waals surface area contributed by atoms with Crippen molar-refractivity contribution in [2.24, 2.45) is 0 Å². The zero-order valence-corrected chi connectivity index (χ0v) is 14.5. The average molecular weight is 330 g/mol. The zero-order valence-electron chi connectivity index (χ0n) is 14.5. The quantitative estimate of drug-likeness (QED) is 0.884. The molecule has 0 aliphatic carbocycles. The topological polar surface area (TPSA) is 41.6 Å². The first-order valence-electron chi connectivity index (χ1n) is 7.73. The molecule has 0 saturated heterocycles. The lowest BCUT2D eigenvalue weighted by atomic mass is 9.95. The van der Waals surface area contributed by atoms with E-state index in [0.717, 1.165) is 5.69 Å². The Hall–Kier alpha value is -2.40. The molecule has 0 bridgehead atoms. The van der Waals surface area contributed by atoms with Crippen LogP contribution in [0.2, 0.25) is 0 Å². The molecule has 1 N–H and O–H groups in total. The summed E-state index contributed by atoms with van der Waals surface area (Å²) >= 11 is 0. The van der Waals surface area contributed by atoms with Crippen LogP contribution in [0.15, 0.2) is 48.5 Å². The number of halogens is 1. The molecule has 128 valence electrons. The first-order valence-corrected chi connectivity index (χ1v) is 7.73. The molecule has 24 heavy (non-hydrogen) atoms. The average Bonchev–Trinajstić information content (AvgIpc) is 2.59. The van der Waals surface area contributed by atoms with Gasteiger partial charge >= 0.3 is 0 Å². The molecule has 2 rings (SSSR count). The smallest absolute Gasteiger partial charge is 0.251 e. The number of carbonyl (C=O) groups excluding carboxylic acids is 1. The van der Waals surface area contributed by atoms with Crippen molar-refractivity contribution in [3.05, 3.63) is 65.5 Å². The van der Waals surface area contributed by atoms with E-state index in [4.69, 9.17) is 4.74 Å². The molecule has 5 heteroatoms. The number of benzene rings is 2. The summed E-state index contributed by atoms with van der Waals surface area (Å²) in [4.78, 5) is 14.3. The van der Waals surface area contributed by atoms with E-state index in [0.29, 0.717) is 11.1 Å². The summed E-state index contributed by atoms with van der Waals surface area (Å²) in [6, 6.07) is 13.7. The number of ether oxygens (including phenoxy) is 1. The Kier molecular flexibility index (Phi) is 5.57. The molecule has 1 atom stereocenters. The van der Waals surface area contributed by atoms with Gasteiger partial charge in [-0.05, 0) is 31.2 Å². The van der Waals surface area contributed by atoms with Crippen LogP contribution in [0.4, 0.5) is 10.1 Å². The lowest BCUT2D eigenvalue weighted by Gasteiger charge is -2.29. The van der Waals surface area contributed by atoms with Gasteiger partial charge < -0.3 is 15.0 Å². The molecule has 0 spiro atoms. The first kappa shape index (κ1) is 17.9. The molecule has 0 saturated carbocycles. The second-order valence-corrected chi connectivity index (χ2v) is 6.04. The molecule has 0 fully saturated rings. The van der Waals surface area contributed by atoms with Gasteiger partial charge in [-0.2, -0.15) is 0 Å². The van der Waals surface area contributed by atoms with E-state index in [-0.39, 0.29) is 18.3 Å². The van der Waals surface area contributed by atoms with Gasteiger partial charge in [0.15, 0.2) is 0 Å². The molecular formula is C19H23FN2O2. The molecule has 0 heterocycles. The van der Waals surface area contributed by atoms with Crippen LogP contribution in [0, 0.1) is 5.82 Å². The Labute approximate surface area is 142 Å². The van der Waals surface area contributed by atoms with Gasteiger partial charge in [0.2, 0.25) is 0 Å². The van der Waals surface area contributed by atoms with Crippen molar-refractivity contribution in [2.75, 3.05) is 32.6 Å². The molecule has 4 nitrogen and oxygen atoms in total. The molecule has 2 aromatic rings. The van der Waals surface area contributed by atoms with Crippen LogP contribution >= 0.6 is 0 Å². The summed E-state index contributed by atoms with van der Waals surface area (Å²) in [7, 11) is 5.33. The summed E-state index contributed by atoms with van der Waals surface area (Å²) in [6.07, 6.45) is 0. The second kappa shape index (κ2) is 7.45. The minimum absolute atomic E-state index is 0.162. The van der Waals surface area contributed by atoms with Crippen LogP contribution in [0.5, 0.6) is 0 Å². The number of nitrogens with zero attached hydrogens (tertiary/aromatic N) is 1. The van der Waals surface area contributed by atoms with E-state index in [1.165, 1.54) is 13.2 Å². The van der Waals surface area contributed by atoms with Crippen LogP contribution in [-0.2, 0) is 10.3 Å². The van der Waals surface area contributed by atoms with E-state index in [1.807, 2.05) is 37.2 Å². The fourth-order valence-electron chi connectivity index (χ4n) is 2.44. The van der Waals surface area contributed by atoms with E-state index in [1.54, 1.807) is 31.2 Å². The molecule has 0 aliphatic rings. The Morgan fingerprint density at radius 2 is 1.92 bits per heavy atom. The Morgan fingerprint density at radius 1 is 1.21 bits per heavy atom. The third-order valence-corrected chi connectivity index (χ3v) is 4.11. The number of carbonyl (C=O) groups is 1. The standard InChI is InChI=1S/C19H23FN2O2/c1-19(24-4,16-10-5-6-11-17(16)20)13-21-18(23)14-8-7-9-15(12-14)22(2)3/h5-12H,13H2,1-4H3,(H,21,23)/t19-/m0/s1. The maximum absolute atomic E-state index is 14.1. The van der Waals surface area contributed by atoms with E-state index < -0.39 is 5.60 Å². The number of methoxy groups -OCH3 is 1. The minimum atomic E-state index is -0.944. The van der Waals surface area contributed by atoms with E-state index in [2.05, 4.69) is 5.32 Å². The second-order valence-electron chi connectivity index (χ2n) is 6.04. The summed E-state index contributed by atoms with van der Waals surface area (Å²) in [5.41, 5.74) is 0.953. The monoisotopic (exact) mass is 330 g/mol. The Balaban J connectivity index is 2.15. The molecule has 1 amide bonds. The third-order valence-electron chi connectivity index (χ3n) is 4.11. The fourth-order valence-corrected chi connectivity index (χ4v) is 2.44. The maximum atomic E-state index is 14.1. The van der Waals surface area contributed by atoms with Crippen LogP contribution in [0.1, 0.15) is 22.8 Å². The minimum Gasteiger partial charge on any atom is -0.378 e. The molecule has 0 unspecified atom stereocenters. The van der Waals surface area contributed by atoms with Crippen LogP contribution < -0.4 is 10.2 Å². The van der Waals surface area contributed by atoms with Crippen molar-refractivity contribution < 1.29 is 13.9 Å². The van der Waals surface area contributed by atoms with Gasteiger partial charge in [0, 0.05) is 38.0 Å². The highest BCUT2D eigenvalue weighted by Crippen LogP contribution is 2.26. The third kappa shape index (κ3) is 3.92. The first-order chi connectivity index (χ1) is 11.4. The van der Waals surface area contributed by atoms with E-state index in [9.17, 15) is 9.18 Å². The summed E-state index contributed by atoms with van der Waals surface area (Å²) < 4.78 is 19.6. The predicted octanol–water partition coefficient (Wildman–Crippen LogP) is 3.18. The number of hydrogen-bond acceptors (Lipinski definition) is 3. The maximum Gasteiger partial charge on any atom is 0.251 e. The van der Waals surface area contributed by atoms with Gasteiger partial charge in [-0.3, -0.25) is 4.79 Å². The van der Waals surface area contributed by atoms with Crippen LogP contribution in [-0.4, -0.2) is 33.7 Å². The van der Waals surface area contributed by atoms with Crippen molar-refractivity contribution in [3.8, 4) is 0 Å². The fraction of sp³-hybridized carbons (Fsp3) is 0.316. The lowest BCUT2D eigenvalue weighted by molar-refractivity contribution is 0.000389. The zero-order chi connectivity index (χ0) is 17.7. The molecule has 0 aromatic heterocycles. The van der Waals surface area contributed by atoms with Crippen molar-refractivity contribution in [3.63, 3.8) is 0 Å². The number of anilines is 1. The van der Waals surface area contributed by atoms with Gasteiger partial charge in [0.25, 0.3) is 5.91 Å². The summed E-state index contributed by atoms with van der Waals surface area (Å²) in [6.45, 7) is 1.91. The Bertz CT molecular complexity index is 718. The predicted molar refractivity (Wildman–Crippen MR) is 93.9 cm³/mol. The molecule has 2 aromatic carbocycles. The van der Waals surface area contributed by atoms with Gasteiger partial charge in [0.05, 0.1) is 6.54 Å². The van der Waals surface area contributed by atoms with Gasteiger partial charge in [-0.1, -0.05) is 24.3 Å². The van der Waals surface area contributed by atoms with E-state index >= 15 is 0 Å². The SMILES string of the molecule is CO[C@@](C)(CNC(=O)c1cccc(N(C)C)c1)c1ccccc1F. The molecular weight excluding hydrogens is 307 g/mol. The highest BCUT2D eigenvalue weighted by atomic mass is 19.1. The number of rotatable bonds is 6. The van der Waals surface area contributed by atoms with Crippen molar-refractivity contribution >= 4 is 11.6 Å². The summed E-state index contributed by atoms with van der Waals surface area (Å²) in [5.74, 6) is -0.580. The van der Waals surface area contributed by atoms with Gasteiger partial charge in [0.1, 0.15) is 11.4 Å². The largest absolute Gasteiger partial charge is 0.378 e.